The van der Waals surface area contributed by atoms with E-state index < -0.39 is 0 Å². The highest BCUT2D eigenvalue weighted by atomic mass is 35.5. The van der Waals surface area contributed by atoms with E-state index >= 15 is 0 Å². The number of nitriles is 1. The van der Waals surface area contributed by atoms with Crippen LogP contribution in [0.2, 0.25) is 5.02 Å². The van der Waals surface area contributed by atoms with Crippen LogP contribution in [0.25, 0.3) is 0 Å². The van der Waals surface area contributed by atoms with Gasteiger partial charge in [0.1, 0.15) is 0 Å². The van der Waals surface area contributed by atoms with Crippen LogP contribution >= 0.6 is 23.4 Å². The van der Waals surface area contributed by atoms with Crippen molar-refractivity contribution < 1.29 is 4.79 Å². The molecule has 0 aliphatic carbocycles. The zero-order chi connectivity index (χ0) is 15.1. The lowest BCUT2D eigenvalue weighted by molar-refractivity contribution is 0.0948. The van der Waals surface area contributed by atoms with E-state index in [0.29, 0.717) is 22.9 Å². The first-order valence-corrected chi connectivity index (χ1v) is 7.69. The zero-order valence-electron chi connectivity index (χ0n) is 11.2. The van der Waals surface area contributed by atoms with Crippen molar-refractivity contribution in [2.45, 2.75) is 11.4 Å². The van der Waals surface area contributed by atoms with Gasteiger partial charge in [-0.2, -0.15) is 5.26 Å². The highest BCUT2D eigenvalue weighted by Gasteiger charge is 2.11. The molecule has 2 aromatic carbocycles. The highest BCUT2D eigenvalue weighted by Crippen LogP contribution is 2.22. The number of nitrogens with one attached hydrogen (secondary N) is 1. The van der Waals surface area contributed by atoms with Crippen LogP contribution in [-0.4, -0.2) is 11.7 Å². The quantitative estimate of drug-likeness (QED) is 0.851. The van der Waals surface area contributed by atoms with Gasteiger partial charge in [0.15, 0.2) is 0 Å². The number of nitrogens with zero attached hydrogens (tertiary/aromatic N) is 1. The molecule has 3 nitrogen and oxygen atoms in total. The van der Waals surface area contributed by atoms with E-state index in [4.69, 9.17) is 16.9 Å². The Morgan fingerprint density at radius 3 is 2.67 bits per heavy atom. The van der Waals surface area contributed by atoms with Gasteiger partial charge in [-0.15, -0.1) is 11.8 Å². The molecule has 0 bridgehead atoms. The molecule has 1 N–H and O–H groups in total. The van der Waals surface area contributed by atoms with Gasteiger partial charge in [0.05, 0.1) is 17.4 Å². The summed E-state index contributed by atoms with van der Waals surface area (Å²) in [7, 11) is 0. The Balaban J connectivity index is 2.07. The number of thioether (sulfide) groups is 1. The number of hydrogen-bond acceptors (Lipinski definition) is 3. The van der Waals surface area contributed by atoms with Gasteiger partial charge >= 0.3 is 0 Å². The van der Waals surface area contributed by atoms with Gasteiger partial charge in [-0.25, -0.2) is 0 Å². The Kier molecular flexibility index (Phi) is 5.68. The fraction of sp³-hybridized carbons (Fsp3) is 0.125. The fourth-order valence-electron chi connectivity index (χ4n) is 1.80. The van der Waals surface area contributed by atoms with E-state index in [-0.39, 0.29) is 5.91 Å². The molecule has 0 saturated carbocycles. The molecule has 21 heavy (non-hydrogen) atoms. The lowest BCUT2D eigenvalue weighted by atomic mass is 10.2. The van der Waals surface area contributed by atoms with Crippen molar-refractivity contribution >= 4 is 29.3 Å². The maximum absolute atomic E-state index is 12.3. The second-order valence-electron chi connectivity index (χ2n) is 4.22. The number of amides is 1. The van der Waals surface area contributed by atoms with Crippen molar-refractivity contribution in [3.05, 3.63) is 64.7 Å². The third-order valence-electron chi connectivity index (χ3n) is 2.82. The smallest absolute Gasteiger partial charge is 0.252 e. The van der Waals surface area contributed by atoms with Crippen LogP contribution in [0.5, 0.6) is 0 Å². The average Bonchev–Trinajstić information content (AvgIpc) is 2.52. The molecule has 0 spiro atoms. The molecule has 0 fully saturated rings. The molecule has 1 amide bonds. The molecule has 0 saturated heterocycles. The minimum atomic E-state index is -0.170. The standard InChI is InChI=1S/C16H13ClN2OS/c17-14-7-3-1-5-12(14)11-19-16(20)13-6-2-4-8-15(13)21-10-9-18/h1-8H,10-11H2,(H,19,20). The fourth-order valence-corrected chi connectivity index (χ4v) is 2.72. The van der Waals surface area contributed by atoms with Gasteiger partial charge in [0.2, 0.25) is 0 Å². The first kappa shape index (κ1) is 15.4. The van der Waals surface area contributed by atoms with Crippen LogP contribution in [0.3, 0.4) is 0 Å². The van der Waals surface area contributed by atoms with Crippen LogP contribution < -0.4 is 5.32 Å². The molecule has 0 radical (unpaired) electrons. The summed E-state index contributed by atoms with van der Waals surface area (Å²) < 4.78 is 0. The highest BCUT2D eigenvalue weighted by molar-refractivity contribution is 7.99. The summed E-state index contributed by atoms with van der Waals surface area (Å²) in [6.07, 6.45) is 0. The van der Waals surface area contributed by atoms with Gasteiger partial charge in [-0.3, -0.25) is 4.79 Å². The van der Waals surface area contributed by atoms with Crippen molar-refractivity contribution in [3.63, 3.8) is 0 Å². The lowest BCUT2D eigenvalue weighted by Crippen LogP contribution is -2.23. The molecule has 2 aromatic rings. The summed E-state index contributed by atoms with van der Waals surface area (Å²) in [6, 6.07) is 16.7. The SMILES string of the molecule is N#CCSc1ccccc1C(=O)NCc1ccccc1Cl. The molecular weight excluding hydrogens is 304 g/mol. The maximum atomic E-state index is 12.3. The zero-order valence-corrected chi connectivity index (χ0v) is 12.7. The predicted molar refractivity (Wildman–Crippen MR) is 85.4 cm³/mol. The van der Waals surface area contributed by atoms with Gasteiger partial charge in [0.25, 0.3) is 5.91 Å². The Morgan fingerprint density at radius 1 is 1.19 bits per heavy atom. The third kappa shape index (κ3) is 4.25. The maximum Gasteiger partial charge on any atom is 0.252 e. The van der Waals surface area contributed by atoms with Crippen molar-refractivity contribution in [2.75, 3.05) is 5.75 Å². The van der Waals surface area contributed by atoms with E-state index in [0.717, 1.165) is 10.5 Å². The van der Waals surface area contributed by atoms with Crippen LogP contribution in [-0.2, 0) is 6.54 Å². The summed E-state index contributed by atoms with van der Waals surface area (Å²) in [5.41, 5.74) is 1.44. The Bertz CT molecular complexity index is 682. The molecule has 0 aliphatic heterocycles. The Labute approximate surface area is 132 Å². The number of hydrogen-bond donors (Lipinski definition) is 1. The molecule has 0 heterocycles. The van der Waals surface area contributed by atoms with E-state index in [9.17, 15) is 4.79 Å². The number of carbonyl (C=O) groups excluding carboxylic acids is 1. The first-order valence-electron chi connectivity index (χ1n) is 6.32. The molecule has 0 unspecified atom stereocenters. The van der Waals surface area contributed by atoms with E-state index in [1.807, 2.05) is 30.3 Å². The summed E-state index contributed by atoms with van der Waals surface area (Å²) in [5.74, 6) is 0.144. The van der Waals surface area contributed by atoms with E-state index in [1.54, 1.807) is 18.2 Å². The van der Waals surface area contributed by atoms with Crippen molar-refractivity contribution in [2.24, 2.45) is 0 Å². The monoisotopic (exact) mass is 316 g/mol. The number of benzene rings is 2. The predicted octanol–water partition coefficient (Wildman–Crippen LogP) is 3.89. The third-order valence-corrected chi connectivity index (χ3v) is 4.13. The summed E-state index contributed by atoms with van der Waals surface area (Å²) >= 11 is 7.41. The second kappa shape index (κ2) is 7.72. The van der Waals surface area contributed by atoms with Crippen LogP contribution in [0.4, 0.5) is 0 Å². The van der Waals surface area contributed by atoms with E-state index in [2.05, 4.69) is 11.4 Å². The molecule has 5 heteroatoms. The largest absolute Gasteiger partial charge is 0.348 e. The first-order chi connectivity index (χ1) is 10.2. The van der Waals surface area contributed by atoms with Crippen LogP contribution in [0.15, 0.2) is 53.4 Å². The Morgan fingerprint density at radius 2 is 1.90 bits per heavy atom. The molecule has 0 aliphatic rings. The van der Waals surface area contributed by atoms with Crippen LogP contribution in [0, 0.1) is 11.3 Å². The van der Waals surface area contributed by atoms with Gasteiger partial charge in [-0.05, 0) is 23.8 Å². The lowest BCUT2D eigenvalue weighted by Gasteiger charge is -2.09. The van der Waals surface area contributed by atoms with E-state index in [1.165, 1.54) is 11.8 Å². The van der Waals surface area contributed by atoms with Gasteiger partial charge in [-0.1, -0.05) is 41.9 Å². The minimum Gasteiger partial charge on any atom is -0.348 e. The molecule has 0 aromatic heterocycles. The average molecular weight is 317 g/mol. The van der Waals surface area contributed by atoms with Gasteiger partial charge < -0.3 is 5.32 Å². The molecule has 2 rings (SSSR count). The normalized spacial score (nSPS) is 9.90. The minimum absolute atomic E-state index is 0.170. The molecule has 106 valence electrons. The van der Waals surface area contributed by atoms with Gasteiger partial charge in [0, 0.05) is 16.5 Å². The van der Waals surface area contributed by atoms with Crippen molar-refractivity contribution in [1.82, 2.24) is 5.32 Å². The van der Waals surface area contributed by atoms with Crippen LogP contribution in [0.1, 0.15) is 15.9 Å². The number of halogens is 1. The summed E-state index contributed by atoms with van der Waals surface area (Å²) in [6.45, 7) is 0.371. The summed E-state index contributed by atoms with van der Waals surface area (Å²) in [4.78, 5) is 13.1. The topological polar surface area (TPSA) is 52.9 Å². The Hall–Kier alpha value is -1.96. The second-order valence-corrected chi connectivity index (χ2v) is 5.64. The number of carbonyl (C=O) groups is 1. The van der Waals surface area contributed by atoms with Crippen molar-refractivity contribution in [1.29, 1.82) is 5.26 Å². The molecule has 0 atom stereocenters. The summed E-state index contributed by atoms with van der Waals surface area (Å²) in [5, 5.41) is 12.1. The van der Waals surface area contributed by atoms with Crippen molar-refractivity contribution in [3.8, 4) is 6.07 Å². The molecular formula is C16H13ClN2OS. The number of rotatable bonds is 5.